The lowest BCUT2D eigenvalue weighted by atomic mass is 10.2. The molecule has 3 nitrogen and oxygen atoms in total. The van der Waals surface area contributed by atoms with Crippen molar-refractivity contribution in [1.29, 1.82) is 0 Å². The van der Waals surface area contributed by atoms with Crippen LogP contribution in [0, 0.1) is 11.6 Å². The molecule has 0 saturated carbocycles. The first kappa shape index (κ1) is 13.5. The molecular formula is C13H9F2NO2S. The van der Waals surface area contributed by atoms with Crippen LogP contribution in [0.25, 0.3) is 0 Å². The molecule has 0 saturated heterocycles. The summed E-state index contributed by atoms with van der Waals surface area (Å²) in [7, 11) is 0. The van der Waals surface area contributed by atoms with Crippen molar-refractivity contribution < 1.29 is 18.7 Å². The summed E-state index contributed by atoms with van der Waals surface area (Å²) in [5, 5.41) is 9.26. The minimum atomic E-state index is -1.06. The second-order valence-electron chi connectivity index (χ2n) is 3.71. The Kier molecular flexibility index (Phi) is 4.11. The molecule has 1 aromatic carbocycles. The molecule has 0 aliphatic rings. The first-order valence-electron chi connectivity index (χ1n) is 5.32. The van der Waals surface area contributed by atoms with E-state index in [1.807, 2.05) is 0 Å². The number of aromatic nitrogens is 1. The maximum atomic E-state index is 13.4. The van der Waals surface area contributed by atoms with E-state index in [0.29, 0.717) is 5.03 Å². The lowest BCUT2D eigenvalue weighted by molar-refractivity contribution is 0.0696. The number of hydrogen-bond donors (Lipinski definition) is 1. The number of nitrogens with zero attached hydrogens (tertiary/aromatic N) is 1. The zero-order valence-corrected chi connectivity index (χ0v) is 10.5. The molecule has 2 aromatic rings. The molecule has 19 heavy (non-hydrogen) atoms. The fraction of sp³-hybridized carbons (Fsp3) is 0.0769. The molecule has 0 radical (unpaired) electrons. The molecule has 0 unspecified atom stereocenters. The molecule has 2 rings (SSSR count). The van der Waals surface area contributed by atoms with Gasteiger partial charge in [0, 0.05) is 17.5 Å². The number of hydrogen-bond acceptors (Lipinski definition) is 3. The maximum Gasteiger partial charge on any atom is 0.337 e. The molecule has 0 aliphatic heterocycles. The lowest BCUT2D eigenvalue weighted by Crippen LogP contribution is -1.97. The van der Waals surface area contributed by atoms with Crippen molar-refractivity contribution in [2.24, 2.45) is 0 Å². The van der Waals surface area contributed by atoms with Crippen molar-refractivity contribution in [3.05, 3.63) is 59.3 Å². The van der Waals surface area contributed by atoms with Crippen LogP contribution >= 0.6 is 11.8 Å². The number of carboxylic acid groups (broad SMARTS) is 1. The minimum absolute atomic E-state index is 0.0845. The summed E-state index contributed by atoms with van der Waals surface area (Å²) < 4.78 is 26.3. The van der Waals surface area contributed by atoms with Crippen LogP contribution in [0.15, 0.2) is 41.6 Å². The highest BCUT2D eigenvalue weighted by molar-refractivity contribution is 7.98. The Hall–Kier alpha value is -1.95. The van der Waals surface area contributed by atoms with Crippen molar-refractivity contribution in [1.82, 2.24) is 4.98 Å². The number of rotatable bonds is 4. The van der Waals surface area contributed by atoms with Crippen molar-refractivity contribution in [3.63, 3.8) is 0 Å². The quantitative estimate of drug-likeness (QED) is 0.873. The molecule has 0 atom stereocenters. The largest absolute Gasteiger partial charge is 0.478 e. The van der Waals surface area contributed by atoms with Crippen molar-refractivity contribution in [2.45, 2.75) is 10.8 Å². The normalized spacial score (nSPS) is 10.4. The molecule has 0 spiro atoms. The fourth-order valence-corrected chi connectivity index (χ4v) is 2.21. The Morgan fingerprint density at radius 1 is 1.26 bits per heavy atom. The van der Waals surface area contributed by atoms with Crippen LogP contribution in [-0.4, -0.2) is 16.1 Å². The maximum absolute atomic E-state index is 13.4. The Morgan fingerprint density at radius 3 is 2.68 bits per heavy atom. The number of thioether (sulfide) groups is 1. The Labute approximate surface area is 112 Å². The average Bonchev–Trinajstić information content (AvgIpc) is 2.40. The third-order valence-corrected chi connectivity index (χ3v) is 3.36. The van der Waals surface area contributed by atoms with Gasteiger partial charge in [-0.25, -0.2) is 18.6 Å². The lowest BCUT2D eigenvalue weighted by Gasteiger charge is -2.03. The highest BCUT2D eigenvalue weighted by atomic mass is 32.2. The van der Waals surface area contributed by atoms with E-state index < -0.39 is 17.6 Å². The number of carboxylic acids is 1. The van der Waals surface area contributed by atoms with E-state index in [-0.39, 0.29) is 16.9 Å². The van der Waals surface area contributed by atoms with Gasteiger partial charge in [-0.05, 0) is 30.3 Å². The minimum Gasteiger partial charge on any atom is -0.478 e. The Bertz CT molecular complexity index is 602. The van der Waals surface area contributed by atoms with Gasteiger partial charge < -0.3 is 5.11 Å². The summed E-state index contributed by atoms with van der Waals surface area (Å²) in [6.45, 7) is 0. The number of carbonyl (C=O) groups is 1. The smallest absolute Gasteiger partial charge is 0.337 e. The van der Waals surface area contributed by atoms with E-state index in [9.17, 15) is 13.6 Å². The summed E-state index contributed by atoms with van der Waals surface area (Å²) in [4.78, 5) is 14.6. The summed E-state index contributed by atoms with van der Waals surface area (Å²) in [5.41, 5.74) is 0.329. The summed E-state index contributed by atoms with van der Waals surface area (Å²) in [5.74, 6) is -1.80. The molecule has 1 heterocycles. The molecule has 98 valence electrons. The predicted octanol–water partition coefficient (Wildman–Crippen LogP) is 3.35. The average molecular weight is 281 g/mol. The van der Waals surface area contributed by atoms with Gasteiger partial charge >= 0.3 is 5.97 Å². The second-order valence-corrected chi connectivity index (χ2v) is 4.71. The first-order chi connectivity index (χ1) is 9.06. The summed E-state index contributed by atoms with van der Waals surface area (Å²) >= 11 is 1.21. The van der Waals surface area contributed by atoms with E-state index in [1.165, 1.54) is 30.1 Å². The monoisotopic (exact) mass is 281 g/mol. The van der Waals surface area contributed by atoms with E-state index in [1.54, 1.807) is 0 Å². The standard InChI is InChI=1S/C13H9F2NO2S/c14-10-2-3-11(15)9(5-10)7-19-12-4-1-8(6-16-12)13(17)18/h1-6H,7H2,(H,17,18). The van der Waals surface area contributed by atoms with Crippen molar-refractivity contribution in [3.8, 4) is 0 Å². The Balaban J connectivity index is 2.06. The molecular weight excluding hydrogens is 272 g/mol. The van der Waals surface area contributed by atoms with Crippen LogP contribution < -0.4 is 0 Å². The SMILES string of the molecule is O=C(O)c1ccc(SCc2cc(F)ccc2F)nc1. The van der Waals surface area contributed by atoms with Crippen LogP contribution in [0.1, 0.15) is 15.9 Å². The molecule has 0 bridgehead atoms. The topological polar surface area (TPSA) is 50.2 Å². The van der Waals surface area contributed by atoms with Gasteiger partial charge in [0.25, 0.3) is 0 Å². The van der Waals surface area contributed by atoms with Crippen LogP contribution in [0.5, 0.6) is 0 Å². The van der Waals surface area contributed by atoms with Gasteiger partial charge in [0.05, 0.1) is 10.6 Å². The van der Waals surface area contributed by atoms with E-state index in [2.05, 4.69) is 4.98 Å². The highest BCUT2D eigenvalue weighted by Crippen LogP contribution is 2.23. The molecule has 0 amide bonds. The van der Waals surface area contributed by atoms with Gasteiger partial charge in [-0.2, -0.15) is 0 Å². The van der Waals surface area contributed by atoms with Gasteiger partial charge in [-0.1, -0.05) is 0 Å². The number of aromatic carboxylic acids is 1. The second kappa shape index (κ2) is 5.79. The van der Waals surface area contributed by atoms with Crippen LogP contribution in [0.2, 0.25) is 0 Å². The third-order valence-electron chi connectivity index (χ3n) is 2.37. The summed E-state index contributed by atoms with van der Waals surface area (Å²) in [6.07, 6.45) is 1.23. The number of pyridine rings is 1. The zero-order chi connectivity index (χ0) is 13.8. The Morgan fingerprint density at radius 2 is 2.05 bits per heavy atom. The van der Waals surface area contributed by atoms with Crippen molar-refractivity contribution >= 4 is 17.7 Å². The molecule has 0 fully saturated rings. The molecule has 1 aromatic heterocycles. The van der Waals surface area contributed by atoms with Crippen molar-refractivity contribution in [2.75, 3.05) is 0 Å². The van der Waals surface area contributed by atoms with Crippen LogP contribution in [0.3, 0.4) is 0 Å². The van der Waals surface area contributed by atoms with Crippen LogP contribution in [-0.2, 0) is 5.75 Å². The first-order valence-corrected chi connectivity index (χ1v) is 6.31. The highest BCUT2D eigenvalue weighted by Gasteiger charge is 2.07. The fourth-order valence-electron chi connectivity index (χ4n) is 1.40. The van der Waals surface area contributed by atoms with Crippen LogP contribution in [0.4, 0.5) is 8.78 Å². The van der Waals surface area contributed by atoms with E-state index >= 15 is 0 Å². The van der Waals surface area contributed by atoms with Gasteiger partial charge in [-0.3, -0.25) is 0 Å². The zero-order valence-electron chi connectivity index (χ0n) is 9.64. The van der Waals surface area contributed by atoms with Gasteiger partial charge in [0.2, 0.25) is 0 Å². The number of halogens is 2. The predicted molar refractivity (Wildman–Crippen MR) is 67.1 cm³/mol. The molecule has 1 N–H and O–H groups in total. The van der Waals surface area contributed by atoms with Gasteiger partial charge in [0.15, 0.2) is 0 Å². The molecule has 6 heteroatoms. The van der Waals surface area contributed by atoms with E-state index in [0.717, 1.165) is 18.2 Å². The number of benzene rings is 1. The molecule has 0 aliphatic carbocycles. The third kappa shape index (κ3) is 3.51. The van der Waals surface area contributed by atoms with E-state index in [4.69, 9.17) is 5.11 Å². The summed E-state index contributed by atoms with van der Waals surface area (Å²) in [6, 6.07) is 6.22. The van der Waals surface area contributed by atoms with Gasteiger partial charge in [-0.15, -0.1) is 11.8 Å². The van der Waals surface area contributed by atoms with Gasteiger partial charge in [0.1, 0.15) is 11.6 Å².